The van der Waals surface area contributed by atoms with Crippen molar-refractivity contribution in [3.05, 3.63) is 0 Å². The Balaban J connectivity index is 0.000000211. The summed E-state index contributed by atoms with van der Waals surface area (Å²) in [5.74, 6) is -5.64. The van der Waals surface area contributed by atoms with E-state index in [4.69, 9.17) is 37.9 Å². The third kappa shape index (κ3) is 29.1. The van der Waals surface area contributed by atoms with Crippen LogP contribution in [0.4, 0.5) is 44.7 Å². The Morgan fingerprint density at radius 2 is 0.488 bits per heavy atom. The first-order chi connectivity index (χ1) is 57.7. The molecule has 16 bridgehead atoms. The second kappa shape index (κ2) is 39.1. The maximum atomic E-state index is 12.7. The molecule has 0 amide bonds. The van der Waals surface area contributed by atoms with E-state index in [1.807, 2.05) is 125 Å². The molecule has 32 heteroatoms. The maximum Gasteiger partial charge on any atom is 0.509 e. The van der Waals surface area contributed by atoms with E-state index in [0.717, 1.165) is 141 Å². The second-order valence-electron chi connectivity index (χ2n) is 45.8. The number of ether oxygens (including phenoxy) is 12. The van der Waals surface area contributed by atoms with Crippen molar-refractivity contribution < 1.29 is 150 Å². The number of rotatable bonds is 25. The van der Waals surface area contributed by atoms with Gasteiger partial charge in [0.05, 0.1) is 43.7 Å². The Hall–Kier alpha value is -6.34. The number of halogens is 8. The van der Waals surface area contributed by atoms with Gasteiger partial charge in [-0.25, -0.2) is 19.2 Å². The SMILES string of the molecule is CCC(C)(C)C(=O)OC12CC3CC(CC(O)(C3)C1)C2.CCC(C)(C)C(=O)OC12CC3CC(CC(O)(C3)C1)C2.CCC(C)(C)C(=O)OC12CC3CC(CC(OC(=O)OC(C)(C)C)(C3)C1)C2.CCC(C)(C)C(=O)OC12CC3CC(CC(OC(=O)OC(C)(C)C)(C3)C1)C2.CCC(C)(C)C(=O)OCC(=O)OCC(F)(F)C(F)(F)F.CCC(C)(C)C(=O)OCC(=O)OCC(F)(F)F. The van der Waals surface area contributed by atoms with Crippen LogP contribution >= 0.6 is 0 Å². The molecule has 0 aromatic carbocycles. The lowest BCUT2D eigenvalue weighted by atomic mass is 9.52. The van der Waals surface area contributed by atoms with Crippen LogP contribution in [0.15, 0.2) is 0 Å². The Morgan fingerprint density at radius 1 is 0.283 bits per heavy atom. The molecule has 0 spiro atoms. The van der Waals surface area contributed by atoms with E-state index >= 15 is 0 Å². The summed E-state index contributed by atoms with van der Waals surface area (Å²) < 4.78 is 159. The van der Waals surface area contributed by atoms with E-state index in [1.165, 1.54) is 26.7 Å². The summed E-state index contributed by atoms with van der Waals surface area (Å²) in [6.07, 6.45) is 14.2. The van der Waals surface area contributed by atoms with Crippen LogP contribution in [0.2, 0.25) is 0 Å². The minimum atomic E-state index is -5.81. The van der Waals surface area contributed by atoms with Crippen molar-refractivity contribution in [3.8, 4) is 0 Å². The van der Waals surface area contributed by atoms with Gasteiger partial charge in [-0.05, 0) is 339 Å². The standard InChI is InChI=1S/2C21H34O5.2C16H26O3.C11H15F5O4.C10H15F3O4/c2*1-7-19(5,6)16(22)24-20-9-14-8-15(10-20)12-21(11-14,13-20)26-17(23)25-18(2,3)4;2*1-4-14(2,3)13(17)19-16-8-11-5-12(9-16)7-15(18,6-11)10-16;1-4-9(2,3)8(18)19-5-7(17)20-6-10(12,13)11(14,15)16;1-4-9(2,3)8(15)16-5-7(14)17-6-10(11,12)13/h2*14-15H,7-13H2,1-6H3;2*11-12,18H,4-10H2,1-3H3;4-6H2,1-3H3;4-6H2,1-3H3. The largest absolute Gasteiger partial charge is 0.509 e. The van der Waals surface area contributed by atoms with Crippen LogP contribution in [0.25, 0.3) is 0 Å². The topological polar surface area (TPSA) is 322 Å². The Kier molecular flexibility index (Phi) is 33.1. The molecule has 0 aliphatic heterocycles. The van der Waals surface area contributed by atoms with Crippen molar-refractivity contribution in [2.75, 3.05) is 26.4 Å². The van der Waals surface area contributed by atoms with Gasteiger partial charge in [-0.3, -0.25) is 28.8 Å². The summed E-state index contributed by atoms with van der Waals surface area (Å²) in [6, 6.07) is 0. The summed E-state index contributed by atoms with van der Waals surface area (Å²) in [5.41, 5.74) is -8.46. The molecule has 16 fully saturated rings. The molecule has 2 N–H and O–H groups in total. The summed E-state index contributed by atoms with van der Waals surface area (Å²) in [7, 11) is 0. The summed E-state index contributed by atoms with van der Waals surface area (Å²) in [4.78, 5) is 119. The molecule has 0 aromatic rings. The molecule has 24 nitrogen and oxygen atoms in total. The van der Waals surface area contributed by atoms with Gasteiger partial charge in [0.1, 0.15) is 44.8 Å². The molecule has 127 heavy (non-hydrogen) atoms. The average Bonchev–Trinajstić information content (AvgIpc) is 0.727. The van der Waals surface area contributed by atoms with Crippen LogP contribution in [-0.2, 0) is 95.2 Å². The molecule has 0 aromatic heterocycles. The van der Waals surface area contributed by atoms with Gasteiger partial charge in [0.15, 0.2) is 26.4 Å². The number of hydrogen-bond acceptors (Lipinski definition) is 24. The van der Waals surface area contributed by atoms with Crippen LogP contribution in [0.3, 0.4) is 0 Å². The van der Waals surface area contributed by atoms with Crippen LogP contribution in [0.5, 0.6) is 0 Å². The molecule has 16 saturated carbocycles. The number of aliphatic hydroxyl groups is 2. The molecule has 16 aliphatic carbocycles. The highest BCUT2D eigenvalue weighted by Crippen LogP contribution is 2.65. The van der Waals surface area contributed by atoms with Gasteiger partial charge in [-0.1, -0.05) is 41.5 Å². The third-order valence-electron chi connectivity index (χ3n) is 29.0. The molecule has 0 radical (unpaired) electrons. The summed E-state index contributed by atoms with van der Waals surface area (Å²) >= 11 is 0. The smallest absolute Gasteiger partial charge is 0.459 e. The lowest BCUT2D eigenvalue weighted by molar-refractivity contribution is -0.294. The molecule has 0 saturated heterocycles. The van der Waals surface area contributed by atoms with E-state index in [2.05, 4.69) is 18.9 Å². The predicted molar refractivity (Wildman–Crippen MR) is 449 cm³/mol. The molecule has 8 unspecified atom stereocenters. The average molecular weight is 1830 g/mol. The Labute approximate surface area is 746 Å². The minimum absolute atomic E-state index is 0.0828. The molecule has 16 rings (SSSR count). The van der Waals surface area contributed by atoms with Crippen molar-refractivity contribution in [1.82, 2.24) is 0 Å². The third-order valence-corrected chi connectivity index (χ3v) is 29.0. The minimum Gasteiger partial charge on any atom is -0.459 e. The molecule has 730 valence electrons. The van der Waals surface area contributed by atoms with Gasteiger partial charge in [-0.2, -0.15) is 35.1 Å². The van der Waals surface area contributed by atoms with E-state index in [-0.39, 0.29) is 35.1 Å². The van der Waals surface area contributed by atoms with Gasteiger partial charge < -0.3 is 67.1 Å². The molecule has 8 atom stereocenters. The number of esters is 8. The highest BCUT2D eigenvalue weighted by atomic mass is 19.4. The van der Waals surface area contributed by atoms with Crippen molar-refractivity contribution in [2.24, 2.45) is 79.8 Å². The summed E-state index contributed by atoms with van der Waals surface area (Å²) in [6.45, 7) is 38.7. The van der Waals surface area contributed by atoms with Gasteiger partial charge >= 0.3 is 78.3 Å². The first-order valence-electron chi connectivity index (χ1n) is 46.0. The molecular weight excluding hydrogens is 1680 g/mol. The fourth-order valence-corrected chi connectivity index (χ4v) is 21.4. The second-order valence-corrected chi connectivity index (χ2v) is 45.8. The summed E-state index contributed by atoms with van der Waals surface area (Å²) in [5, 5.41) is 21.3. The zero-order chi connectivity index (χ0) is 96.4. The van der Waals surface area contributed by atoms with Gasteiger partial charge in [0.25, 0.3) is 0 Å². The first kappa shape index (κ1) is 108. The first-order valence-corrected chi connectivity index (χ1v) is 46.0. The zero-order valence-electron chi connectivity index (χ0n) is 80.1. The van der Waals surface area contributed by atoms with Gasteiger partial charge in [0, 0.05) is 25.7 Å². The van der Waals surface area contributed by atoms with Gasteiger partial charge in [-0.15, -0.1) is 0 Å². The van der Waals surface area contributed by atoms with Crippen LogP contribution in [0, 0.1) is 79.8 Å². The highest BCUT2D eigenvalue weighted by Gasteiger charge is 2.66. The van der Waals surface area contributed by atoms with Crippen molar-refractivity contribution in [1.29, 1.82) is 0 Å². The lowest BCUT2D eigenvalue weighted by Gasteiger charge is -2.60. The van der Waals surface area contributed by atoms with Crippen molar-refractivity contribution in [3.63, 3.8) is 0 Å². The number of carbonyl (C=O) groups is 10. The van der Waals surface area contributed by atoms with Crippen LogP contribution in [0.1, 0.15) is 359 Å². The van der Waals surface area contributed by atoms with Crippen LogP contribution in [-0.4, -0.2) is 171 Å². The quantitative estimate of drug-likeness (QED) is 0.0487. The van der Waals surface area contributed by atoms with Crippen molar-refractivity contribution in [2.45, 2.75) is 433 Å². The lowest BCUT2D eigenvalue weighted by Crippen LogP contribution is -2.62. The Bertz CT molecular complexity index is 3640. The fourth-order valence-electron chi connectivity index (χ4n) is 21.4. The number of carbonyl (C=O) groups excluding carboxylic acids is 10. The molecular formula is C95H150F8O24. The van der Waals surface area contributed by atoms with Crippen LogP contribution < -0.4 is 0 Å². The van der Waals surface area contributed by atoms with E-state index in [0.29, 0.717) is 85.9 Å². The maximum absolute atomic E-state index is 12.7. The Morgan fingerprint density at radius 3 is 0.693 bits per heavy atom. The normalized spacial score (nSPS) is 31.7. The van der Waals surface area contributed by atoms with Gasteiger partial charge in [0.2, 0.25) is 0 Å². The highest BCUT2D eigenvalue weighted by molar-refractivity contribution is 5.81. The monoisotopic (exact) mass is 1830 g/mol. The number of hydrogen-bond donors (Lipinski definition) is 2. The predicted octanol–water partition coefficient (Wildman–Crippen LogP) is 20.9. The molecule has 0 heterocycles. The number of alkyl halides is 8. The van der Waals surface area contributed by atoms with E-state index in [9.17, 15) is 93.3 Å². The molecule has 16 aliphatic rings. The zero-order valence-corrected chi connectivity index (χ0v) is 80.1. The van der Waals surface area contributed by atoms with E-state index in [1.54, 1.807) is 27.7 Å². The van der Waals surface area contributed by atoms with E-state index < -0.39 is 158 Å². The van der Waals surface area contributed by atoms with Crippen molar-refractivity contribution >= 4 is 60.1 Å². The fraction of sp³-hybridized carbons (Fsp3) is 0.895.